The van der Waals surface area contributed by atoms with E-state index in [1.54, 1.807) is 29.9 Å². The van der Waals surface area contributed by atoms with Gasteiger partial charge in [-0.15, -0.1) is 0 Å². The molecule has 2 aromatic carbocycles. The maximum atomic E-state index is 13.6. The van der Waals surface area contributed by atoms with Gasteiger partial charge in [0, 0.05) is 19.0 Å². The number of alkyl halides is 3. The second kappa shape index (κ2) is 6.88. The van der Waals surface area contributed by atoms with Gasteiger partial charge in [-0.05, 0) is 60.5 Å². The molecule has 0 spiro atoms. The molecule has 0 saturated heterocycles. The van der Waals surface area contributed by atoms with Crippen LogP contribution in [-0.4, -0.2) is 9.78 Å². The van der Waals surface area contributed by atoms with Crippen LogP contribution < -0.4 is 0 Å². The van der Waals surface area contributed by atoms with Crippen LogP contribution in [0.15, 0.2) is 42.5 Å². The Kier molecular flexibility index (Phi) is 4.75. The minimum absolute atomic E-state index is 0.0611. The molecule has 1 heterocycles. The lowest BCUT2D eigenvalue weighted by atomic mass is 10.0. The Morgan fingerprint density at radius 1 is 1.07 bits per heavy atom. The van der Waals surface area contributed by atoms with Crippen molar-refractivity contribution in [2.24, 2.45) is 7.05 Å². The molecule has 0 atom stereocenters. The molecule has 3 nitrogen and oxygen atoms in total. The predicted molar refractivity (Wildman–Crippen MR) is 92.3 cm³/mol. The highest BCUT2D eigenvalue weighted by Crippen LogP contribution is 2.31. The number of rotatable bonds is 3. The first kappa shape index (κ1) is 18.6. The van der Waals surface area contributed by atoms with Crippen molar-refractivity contribution in [3.05, 3.63) is 76.2 Å². The molecule has 0 aliphatic heterocycles. The van der Waals surface area contributed by atoms with E-state index in [9.17, 15) is 17.6 Å². The molecule has 1 aromatic heterocycles. The molecule has 0 radical (unpaired) electrons. The summed E-state index contributed by atoms with van der Waals surface area (Å²) in [6.07, 6.45) is -4.55. The van der Waals surface area contributed by atoms with E-state index in [0.29, 0.717) is 17.3 Å². The predicted octanol–water partition coefficient (Wildman–Crippen LogP) is 5.02. The van der Waals surface area contributed by atoms with Gasteiger partial charge in [0.05, 0.1) is 28.6 Å². The normalized spacial score (nSPS) is 11.4. The molecule has 0 bridgehead atoms. The van der Waals surface area contributed by atoms with Crippen molar-refractivity contribution in [1.29, 1.82) is 5.26 Å². The van der Waals surface area contributed by atoms with Crippen LogP contribution >= 0.6 is 0 Å². The van der Waals surface area contributed by atoms with Gasteiger partial charge in [0.25, 0.3) is 0 Å². The van der Waals surface area contributed by atoms with E-state index in [1.807, 2.05) is 13.0 Å². The molecule has 27 heavy (non-hydrogen) atoms. The summed E-state index contributed by atoms with van der Waals surface area (Å²) in [5.41, 5.74) is 2.59. The summed E-state index contributed by atoms with van der Waals surface area (Å²) in [6, 6.07) is 11.7. The Bertz CT molecular complexity index is 1040. The first-order valence-electron chi connectivity index (χ1n) is 8.07. The van der Waals surface area contributed by atoms with Gasteiger partial charge in [-0.3, -0.25) is 4.68 Å². The molecule has 7 heteroatoms. The van der Waals surface area contributed by atoms with Crippen molar-refractivity contribution >= 4 is 0 Å². The molecular formula is C20H15F4N3. The molecule has 0 fully saturated rings. The third-order valence-electron chi connectivity index (χ3n) is 4.10. The van der Waals surface area contributed by atoms with Crippen LogP contribution in [0.3, 0.4) is 0 Å². The van der Waals surface area contributed by atoms with E-state index in [0.717, 1.165) is 29.0 Å². The van der Waals surface area contributed by atoms with Crippen molar-refractivity contribution < 1.29 is 17.6 Å². The Morgan fingerprint density at radius 2 is 1.81 bits per heavy atom. The number of halogens is 4. The average molecular weight is 373 g/mol. The summed E-state index contributed by atoms with van der Waals surface area (Å²) in [7, 11) is 1.71. The number of benzene rings is 2. The van der Waals surface area contributed by atoms with Crippen LogP contribution in [-0.2, 0) is 19.6 Å². The number of aryl methyl sites for hydroxylation is 2. The Hall–Kier alpha value is -3.14. The molecule has 0 aliphatic rings. The quantitative estimate of drug-likeness (QED) is 0.605. The molecule has 3 rings (SSSR count). The summed E-state index contributed by atoms with van der Waals surface area (Å²) < 4.78 is 53.8. The maximum Gasteiger partial charge on any atom is 0.416 e. The van der Waals surface area contributed by atoms with Gasteiger partial charge in [-0.25, -0.2) is 4.39 Å². The smallest absolute Gasteiger partial charge is 0.268 e. The van der Waals surface area contributed by atoms with Gasteiger partial charge in [-0.2, -0.15) is 23.5 Å². The second-order valence-corrected chi connectivity index (χ2v) is 6.37. The molecule has 0 amide bonds. The highest BCUT2D eigenvalue weighted by Gasteiger charge is 2.31. The number of hydrogen-bond donors (Lipinski definition) is 0. The summed E-state index contributed by atoms with van der Waals surface area (Å²) in [6.45, 7) is 1.87. The molecule has 0 saturated carbocycles. The lowest BCUT2D eigenvalue weighted by Gasteiger charge is -2.08. The van der Waals surface area contributed by atoms with Gasteiger partial charge in [-0.1, -0.05) is 0 Å². The van der Waals surface area contributed by atoms with E-state index in [1.165, 1.54) is 0 Å². The van der Waals surface area contributed by atoms with Crippen LogP contribution in [0.5, 0.6) is 0 Å². The highest BCUT2D eigenvalue weighted by atomic mass is 19.4. The van der Waals surface area contributed by atoms with E-state index in [-0.39, 0.29) is 12.0 Å². The average Bonchev–Trinajstić information content (AvgIpc) is 2.93. The van der Waals surface area contributed by atoms with Crippen LogP contribution in [0.2, 0.25) is 0 Å². The number of nitrogens with zero attached hydrogens (tertiary/aromatic N) is 3. The Balaban J connectivity index is 1.96. The molecule has 0 unspecified atom stereocenters. The zero-order chi connectivity index (χ0) is 19.8. The number of hydrogen-bond acceptors (Lipinski definition) is 2. The molecule has 3 aromatic rings. The van der Waals surface area contributed by atoms with Gasteiger partial charge in [0.15, 0.2) is 0 Å². The number of aromatic nitrogens is 2. The Labute approximate surface area is 153 Å². The van der Waals surface area contributed by atoms with Crippen molar-refractivity contribution in [2.75, 3.05) is 0 Å². The van der Waals surface area contributed by atoms with Crippen molar-refractivity contribution in [3.63, 3.8) is 0 Å². The monoisotopic (exact) mass is 373 g/mol. The topological polar surface area (TPSA) is 41.6 Å². The lowest BCUT2D eigenvalue weighted by Crippen LogP contribution is -2.06. The van der Waals surface area contributed by atoms with Gasteiger partial charge in [0.2, 0.25) is 0 Å². The van der Waals surface area contributed by atoms with Gasteiger partial charge < -0.3 is 0 Å². The maximum absolute atomic E-state index is 13.6. The molecule has 0 aliphatic carbocycles. The van der Waals surface area contributed by atoms with E-state index in [2.05, 4.69) is 11.2 Å². The minimum atomic E-state index is -4.61. The fraction of sp³-hybridized carbons (Fsp3) is 0.200. The zero-order valence-electron chi connectivity index (χ0n) is 14.6. The van der Waals surface area contributed by atoms with E-state index in [4.69, 9.17) is 5.26 Å². The second-order valence-electron chi connectivity index (χ2n) is 6.37. The molecular weight excluding hydrogens is 358 g/mol. The summed E-state index contributed by atoms with van der Waals surface area (Å²) in [4.78, 5) is 0. The fourth-order valence-corrected chi connectivity index (χ4v) is 3.00. The zero-order valence-corrected chi connectivity index (χ0v) is 14.6. The largest absolute Gasteiger partial charge is 0.416 e. The first-order chi connectivity index (χ1) is 12.7. The standard InChI is InChI=1S/C20H15F4N3/c1-12-3-14(11-25)5-15(4-12)19-10-18(26-27(19)2)8-13-6-16(20(22,23)24)9-17(21)7-13/h3-7,9-10H,8H2,1-2H3. The van der Waals surface area contributed by atoms with Crippen molar-refractivity contribution in [1.82, 2.24) is 9.78 Å². The molecule has 0 N–H and O–H groups in total. The van der Waals surface area contributed by atoms with Gasteiger partial charge >= 0.3 is 6.18 Å². The third kappa shape index (κ3) is 4.17. The highest BCUT2D eigenvalue weighted by molar-refractivity contribution is 5.63. The summed E-state index contributed by atoms with van der Waals surface area (Å²) in [5.74, 6) is -0.937. The van der Waals surface area contributed by atoms with Crippen molar-refractivity contribution in [3.8, 4) is 17.3 Å². The van der Waals surface area contributed by atoms with Crippen LogP contribution in [0.25, 0.3) is 11.3 Å². The van der Waals surface area contributed by atoms with Gasteiger partial charge in [0.1, 0.15) is 5.82 Å². The number of nitriles is 1. The first-order valence-corrected chi connectivity index (χ1v) is 8.07. The lowest BCUT2D eigenvalue weighted by molar-refractivity contribution is -0.137. The SMILES string of the molecule is Cc1cc(C#N)cc(-c2cc(Cc3cc(F)cc(C(F)(F)F)c3)nn2C)c1. The van der Waals surface area contributed by atoms with Crippen LogP contribution in [0.4, 0.5) is 17.6 Å². The Morgan fingerprint density at radius 3 is 2.48 bits per heavy atom. The molecule has 138 valence electrons. The summed E-state index contributed by atoms with van der Waals surface area (Å²) >= 11 is 0. The summed E-state index contributed by atoms with van der Waals surface area (Å²) in [5, 5.41) is 13.4. The van der Waals surface area contributed by atoms with Crippen molar-refractivity contribution in [2.45, 2.75) is 19.5 Å². The minimum Gasteiger partial charge on any atom is -0.268 e. The third-order valence-corrected chi connectivity index (χ3v) is 4.10. The van der Waals surface area contributed by atoms with E-state index >= 15 is 0 Å². The fourth-order valence-electron chi connectivity index (χ4n) is 3.00. The van der Waals surface area contributed by atoms with Crippen LogP contribution in [0.1, 0.15) is 27.9 Å². The van der Waals surface area contributed by atoms with Crippen LogP contribution in [0, 0.1) is 24.1 Å². The van der Waals surface area contributed by atoms with E-state index < -0.39 is 17.6 Å².